The summed E-state index contributed by atoms with van der Waals surface area (Å²) >= 11 is 0. The minimum absolute atomic E-state index is 0.181. The number of para-hydroxylation sites is 2. The first-order valence-corrected chi connectivity index (χ1v) is 14.8. The summed E-state index contributed by atoms with van der Waals surface area (Å²) in [5.41, 5.74) is 13.2. The van der Waals surface area contributed by atoms with Crippen LogP contribution in [0.5, 0.6) is 0 Å². The van der Waals surface area contributed by atoms with Gasteiger partial charge in [0.15, 0.2) is 0 Å². The summed E-state index contributed by atoms with van der Waals surface area (Å²) in [6.07, 6.45) is 0. The Morgan fingerprint density at radius 3 is 1.59 bits per heavy atom. The molecular weight excluding hydrogens is 508 g/mol. The summed E-state index contributed by atoms with van der Waals surface area (Å²) in [4.78, 5) is 28.1. The highest BCUT2D eigenvalue weighted by Crippen LogP contribution is 2.37. The fourth-order valence-electron chi connectivity index (χ4n) is 5.42. The number of nitrogens with one attached hydrogen (secondary N) is 2. The second-order valence-corrected chi connectivity index (χ2v) is 12.1. The molecule has 1 unspecified atom stereocenters. The molecule has 0 bridgehead atoms. The highest BCUT2D eigenvalue weighted by atomic mass is 16.2. The van der Waals surface area contributed by atoms with E-state index in [1.807, 2.05) is 36.4 Å². The van der Waals surface area contributed by atoms with Crippen molar-refractivity contribution in [1.82, 2.24) is 5.32 Å². The Hall–Kier alpha value is -3.80. The highest BCUT2D eigenvalue weighted by molar-refractivity contribution is 5.93. The Morgan fingerprint density at radius 2 is 1.15 bits per heavy atom. The average molecular weight is 557 g/mol. The van der Waals surface area contributed by atoms with Crippen LogP contribution in [0.15, 0.2) is 66.7 Å². The molecule has 0 saturated carbocycles. The lowest BCUT2D eigenvalue weighted by Crippen LogP contribution is -2.43. The minimum Gasteiger partial charge on any atom is -0.351 e. The van der Waals surface area contributed by atoms with Crippen LogP contribution in [0.3, 0.4) is 0 Å². The molecule has 0 aliphatic heterocycles. The van der Waals surface area contributed by atoms with E-state index in [1.54, 1.807) is 4.90 Å². The number of urea groups is 2. The van der Waals surface area contributed by atoms with Crippen LogP contribution >= 0.6 is 0 Å². The monoisotopic (exact) mass is 556 g/mol. The molecule has 220 valence electrons. The van der Waals surface area contributed by atoms with Crippen LogP contribution in [0.4, 0.5) is 21.0 Å². The summed E-state index contributed by atoms with van der Waals surface area (Å²) in [5.74, 6) is 0.768. The molecule has 41 heavy (non-hydrogen) atoms. The van der Waals surface area contributed by atoms with Gasteiger partial charge < -0.3 is 16.4 Å². The highest BCUT2D eigenvalue weighted by Gasteiger charge is 2.27. The summed E-state index contributed by atoms with van der Waals surface area (Å²) < 4.78 is 0. The van der Waals surface area contributed by atoms with Crippen molar-refractivity contribution in [3.63, 3.8) is 0 Å². The minimum atomic E-state index is -0.502. The number of nitrogens with two attached hydrogens (primary N) is 1. The fraction of sp³-hybridized carbons (Fsp3) is 0.429. The first kappa shape index (κ1) is 31.7. The Labute approximate surface area is 246 Å². The molecular formula is C35H48N4O2. The van der Waals surface area contributed by atoms with Crippen LogP contribution in [0.1, 0.15) is 113 Å². The molecule has 6 nitrogen and oxygen atoms in total. The van der Waals surface area contributed by atoms with Gasteiger partial charge in [0.05, 0.1) is 5.69 Å². The topological polar surface area (TPSA) is 87.5 Å². The zero-order valence-corrected chi connectivity index (χ0v) is 26.0. The van der Waals surface area contributed by atoms with E-state index in [2.05, 4.69) is 96.4 Å². The van der Waals surface area contributed by atoms with Crippen molar-refractivity contribution in [2.24, 2.45) is 5.73 Å². The molecule has 4 amide bonds. The summed E-state index contributed by atoms with van der Waals surface area (Å²) in [6, 6.07) is 21.6. The van der Waals surface area contributed by atoms with Gasteiger partial charge in [-0.15, -0.1) is 0 Å². The van der Waals surface area contributed by atoms with Crippen molar-refractivity contribution >= 4 is 23.4 Å². The molecule has 3 rings (SSSR count). The Bertz CT molecular complexity index is 1260. The molecule has 0 spiro atoms. The number of carbonyl (C=O) groups is 2. The van der Waals surface area contributed by atoms with E-state index in [9.17, 15) is 9.59 Å². The maximum atomic E-state index is 13.3. The lowest BCUT2D eigenvalue weighted by molar-refractivity contribution is 0.251. The molecule has 0 radical (unpaired) electrons. The maximum absolute atomic E-state index is 13.3. The molecule has 1 atom stereocenters. The summed E-state index contributed by atoms with van der Waals surface area (Å²) in [7, 11) is 0. The van der Waals surface area contributed by atoms with Gasteiger partial charge in [-0.3, -0.25) is 4.90 Å². The lowest BCUT2D eigenvalue weighted by Gasteiger charge is -2.32. The van der Waals surface area contributed by atoms with Crippen molar-refractivity contribution in [1.29, 1.82) is 0 Å². The predicted molar refractivity (Wildman–Crippen MR) is 172 cm³/mol. The van der Waals surface area contributed by atoms with Gasteiger partial charge >= 0.3 is 12.1 Å². The van der Waals surface area contributed by atoms with E-state index in [0.717, 1.165) is 39.2 Å². The number of hydrogen-bond acceptors (Lipinski definition) is 2. The van der Waals surface area contributed by atoms with Crippen LogP contribution in [0.25, 0.3) is 0 Å². The molecule has 3 aromatic carbocycles. The number of anilines is 2. The van der Waals surface area contributed by atoms with E-state index in [0.29, 0.717) is 13.1 Å². The second kappa shape index (κ2) is 14.2. The quantitative estimate of drug-likeness (QED) is 0.221. The molecule has 0 heterocycles. The van der Waals surface area contributed by atoms with Crippen LogP contribution in [-0.2, 0) is 0 Å². The van der Waals surface area contributed by atoms with Crippen LogP contribution in [0, 0.1) is 0 Å². The van der Waals surface area contributed by atoms with E-state index in [-0.39, 0.29) is 35.6 Å². The molecule has 0 aliphatic rings. The number of hydrogen-bond donors (Lipinski definition) is 3. The predicted octanol–water partition coefficient (Wildman–Crippen LogP) is 8.67. The molecule has 6 heteroatoms. The SMILES string of the molecule is CC(C)c1cccc(C(C)C)c1NC(=O)NCC(CN(C(N)=O)c1c(C(C)C)cccc1C(C)C)c1ccccc1. The largest absolute Gasteiger partial charge is 0.351 e. The Kier molecular flexibility index (Phi) is 11.0. The van der Waals surface area contributed by atoms with Gasteiger partial charge in [-0.25, -0.2) is 9.59 Å². The first-order chi connectivity index (χ1) is 19.4. The third kappa shape index (κ3) is 7.90. The van der Waals surface area contributed by atoms with E-state index in [1.165, 1.54) is 0 Å². The Balaban J connectivity index is 1.94. The van der Waals surface area contributed by atoms with Crippen molar-refractivity contribution in [3.8, 4) is 0 Å². The maximum Gasteiger partial charge on any atom is 0.319 e. The zero-order chi connectivity index (χ0) is 30.3. The van der Waals surface area contributed by atoms with Gasteiger partial charge in [0.1, 0.15) is 0 Å². The van der Waals surface area contributed by atoms with Crippen LogP contribution in [0.2, 0.25) is 0 Å². The lowest BCUT2D eigenvalue weighted by atomic mass is 9.90. The van der Waals surface area contributed by atoms with Crippen LogP contribution < -0.4 is 21.3 Å². The van der Waals surface area contributed by atoms with Gasteiger partial charge in [-0.05, 0) is 51.5 Å². The standard InChI is InChI=1S/C35H48N4O2/c1-22(2)28-16-12-17-29(23(3)4)32(28)38-35(41)37-20-27(26-14-10-9-11-15-26)21-39(34(36)40)33-30(24(5)6)18-13-19-31(33)25(7)8/h9-19,22-25,27H,20-21H2,1-8H3,(H2,36,40)(H2,37,38,41). The summed E-state index contributed by atoms with van der Waals surface area (Å²) in [5, 5.41) is 6.25. The third-order valence-corrected chi connectivity index (χ3v) is 7.67. The normalized spacial score (nSPS) is 12.2. The molecule has 0 fully saturated rings. The summed E-state index contributed by atoms with van der Waals surface area (Å²) in [6.45, 7) is 17.7. The van der Waals surface area contributed by atoms with Gasteiger partial charge in [0, 0.05) is 24.7 Å². The molecule has 0 aromatic heterocycles. The number of rotatable bonds is 11. The van der Waals surface area contributed by atoms with Crippen molar-refractivity contribution in [2.75, 3.05) is 23.3 Å². The zero-order valence-electron chi connectivity index (χ0n) is 26.0. The number of nitrogens with zero attached hydrogens (tertiary/aromatic N) is 1. The number of benzene rings is 3. The Morgan fingerprint density at radius 1 is 0.683 bits per heavy atom. The van der Waals surface area contributed by atoms with Crippen LogP contribution in [-0.4, -0.2) is 25.2 Å². The first-order valence-electron chi connectivity index (χ1n) is 14.8. The second-order valence-electron chi connectivity index (χ2n) is 12.1. The fourth-order valence-corrected chi connectivity index (χ4v) is 5.42. The third-order valence-electron chi connectivity index (χ3n) is 7.67. The molecule has 0 aliphatic carbocycles. The van der Waals surface area contributed by atoms with Gasteiger partial charge in [0.25, 0.3) is 0 Å². The van der Waals surface area contributed by atoms with Gasteiger partial charge in [-0.1, -0.05) is 122 Å². The van der Waals surface area contributed by atoms with Crippen molar-refractivity contribution in [3.05, 3.63) is 94.5 Å². The number of amides is 4. The average Bonchev–Trinajstić information content (AvgIpc) is 2.92. The molecule has 3 aromatic rings. The smallest absolute Gasteiger partial charge is 0.319 e. The van der Waals surface area contributed by atoms with Gasteiger partial charge in [-0.2, -0.15) is 0 Å². The molecule has 0 saturated heterocycles. The van der Waals surface area contributed by atoms with E-state index in [4.69, 9.17) is 5.73 Å². The van der Waals surface area contributed by atoms with E-state index < -0.39 is 6.03 Å². The molecule has 4 N–H and O–H groups in total. The van der Waals surface area contributed by atoms with Crippen molar-refractivity contribution in [2.45, 2.75) is 85.0 Å². The number of primary amides is 1. The number of carbonyl (C=O) groups excluding carboxylic acids is 2. The van der Waals surface area contributed by atoms with Crippen molar-refractivity contribution < 1.29 is 9.59 Å². The van der Waals surface area contributed by atoms with Gasteiger partial charge in [0.2, 0.25) is 0 Å². The van der Waals surface area contributed by atoms with E-state index >= 15 is 0 Å².